The number of pyridine rings is 1. The molecule has 150 valence electrons. The molecule has 1 spiro atoms. The fraction of sp³-hybridized carbons (Fsp3) is 0.667. The van der Waals surface area contributed by atoms with Gasteiger partial charge in [-0.2, -0.15) is 10.1 Å². The molecule has 1 saturated heterocycles. The second-order valence-corrected chi connectivity index (χ2v) is 9.44. The molecule has 1 aliphatic heterocycles. The van der Waals surface area contributed by atoms with Gasteiger partial charge in [-0.3, -0.25) is 9.48 Å². The van der Waals surface area contributed by atoms with Crippen LogP contribution in [-0.4, -0.2) is 55.5 Å². The molecule has 7 nitrogen and oxygen atoms in total. The molecule has 5 rings (SSSR count). The second-order valence-electron chi connectivity index (χ2n) is 9.44. The number of ether oxygens (including phenoxy) is 1. The maximum atomic E-state index is 12.5. The molecule has 3 fully saturated rings. The number of rotatable bonds is 3. The van der Waals surface area contributed by atoms with Crippen LogP contribution in [0.1, 0.15) is 45.4 Å². The summed E-state index contributed by atoms with van der Waals surface area (Å²) in [6.07, 6.45) is 7.42. The molecule has 0 unspecified atom stereocenters. The van der Waals surface area contributed by atoms with Crippen LogP contribution in [0.3, 0.4) is 0 Å². The van der Waals surface area contributed by atoms with Gasteiger partial charge in [-0.1, -0.05) is 0 Å². The lowest BCUT2D eigenvalue weighted by atomic mass is 9.66. The maximum absolute atomic E-state index is 12.5. The quantitative estimate of drug-likeness (QED) is 0.878. The zero-order valence-corrected chi connectivity index (χ0v) is 16.6. The van der Waals surface area contributed by atoms with Crippen molar-refractivity contribution in [2.75, 3.05) is 13.1 Å². The lowest BCUT2D eigenvalue weighted by Gasteiger charge is -2.55. The van der Waals surface area contributed by atoms with Crippen molar-refractivity contribution in [3.63, 3.8) is 0 Å². The molecule has 2 aromatic heterocycles. The summed E-state index contributed by atoms with van der Waals surface area (Å²) in [7, 11) is 1.89. The Bertz CT molecular complexity index is 898. The highest BCUT2D eigenvalue weighted by atomic mass is 16.5. The van der Waals surface area contributed by atoms with E-state index in [-0.39, 0.29) is 23.3 Å². The molecule has 1 N–H and O–H groups in total. The number of amides is 1. The molecule has 3 heterocycles. The Hall–Kier alpha value is -2.15. The highest BCUT2D eigenvalue weighted by Gasteiger charge is 2.51. The number of hydrogen-bond donors (Lipinski definition) is 1. The second kappa shape index (κ2) is 6.17. The Balaban J connectivity index is 1.13. The van der Waals surface area contributed by atoms with E-state index in [0.29, 0.717) is 18.7 Å². The van der Waals surface area contributed by atoms with Gasteiger partial charge in [-0.05, 0) is 51.5 Å². The van der Waals surface area contributed by atoms with E-state index in [0.717, 1.165) is 49.8 Å². The highest BCUT2D eigenvalue weighted by molar-refractivity contribution is 5.81. The topological polar surface area (TPSA) is 80.5 Å². The molecular weight excluding hydrogens is 356 g/mol. The fourth-order valence-electron chi connectivity index (χ4n) is 5.23. The van der Waals surface area contributed by atoms with Gasteiger partial charge in [0.05, 0.1) is 11.8 Å². The summed E-state index contributed by atoms with van der Waals surface area (Å²) < 4.78 is 7.91. The summed E-state index contributed by atoms with van der Waals surface area (Å²) in [6.45, 7) is 3.56. The summed E-state index contributed by atoms with van der Waals surface area (Å²) in [4.78, 5) is 19.1. The van der Waals surface area contributed by atoms with Crippen molar-refractivity contribution < 1.29 is 14.6 Å². The van der Waals surface area contributed by atoms with Gasteiger partial charge in [0.25, 0.3) is 0 Å². The van der Waals surface area contributed by atoms with Crippen LogP contribution in [0.4, 0.5) is 0 Å². The average molecular weight is 384 g/mol. The lowest BCUT2D eigenvalue weighted by molar-refractivity contribution is -0.164. The van der Waals surface area contributed by atoms with Crippen molar-refractivity contribution >= 4 is 16.9 Å². The Labute approximate surface area is 164 Å². The minimum atomic E-state index is -0.634. The first-order valence-corrected chi connectivity index (χ1v) is 10.3. The Morgan fingerprint density at radius 2 is 1.96 bits per heavy atom. The number of nitrogens with zero attached hydrogens (tertiary/aromatic N) is 4. The lowest BCUT2D eigenvalue weighted by Crippen LogP contribution is -2.63. The van der Waals surface area contributed by atoms with Crippen LogP contribution in [-0.2, 0) is 11.8 Å². The third kappa shape index (κ3) is 3.05. The standard InChI is InChI=1S/C21H28N4O3/c1-20(27)9-15(10-20)19(26)25-12-21(13-25)7-5-16(6-8-21)28-17-4-3-14-11-22-24(2)18(14)23-17/h3-4,11,15-16,27H,5-10,12-13H2,1-2H3/t15-,20+. The van der Waals surface area contributed by atoms with Gasteiger partial charge in [0.2, 0.25) is 11.8 Å². The van der Waals surface area contributed by atoms with Gasteiger partial charge in [-0.15, -0.1) is 0 Å². The van der Waals surface area contributed by atoms with Crippen molar-refractivity contribution in [2.24, 2.45) is 18.4 Å². The number of aromatic nitrogens is 3. The zero-order chi connectivity index (χ0) is 19.5. The van der Waals surface area contributed by atoms with E-state index >= 15 is 0 Å². The SMILES string of the molecule is Cn1ncc2ccc(OC3CCC4(CC3)CN(C(=O)[C@H]3C[C@@](C)(O)C3)C4)nc21. The van der Waals surface area contributed by atoms with Gasteiger partial charge < -0.3 is 14.7 Å². The molecule has 3 aliphatic rings. The first kappa shape index (κ1) is 17.9. The predicted molar refractivity (Wildman–Crippen MR) is 104 cm³/mol. The van der Waals surface area contributed by atoms with Crippen LogP contribution < -0.4 is 4.74 Å². The first-order valence-electron chi connectivity index (χ1n) is 10.3. The zero-order valence-electron chi connectivity index (χ0n) is 16.6. The number of aryl methyl sites for hydroxylation is 1. The van der Waals surface area contributed by atoms with E-state index in [1.165, 1.54) is 0 Å². The van der Waals surface area contributed by atoms with Crippen molar-refractivity contribution in [1.29, 1.82) is 0 Å². The number of aliphatic hydroxyl groups is 1. The monoisotopic (exact) mass is 384 g/mol. The van der Waals surface area contributed by atoms with Crippen molar-refractivity contribution in [3.8, 4) is 5.88 Å². The molecule has 2 saturated carbocycles. The normalized spacial score (nSPS) is 29.5. The molecule has 1 amide bonds. The van der Waals surface area contributed by atoms with Crippen molar-refractivity contribution in [1.82, 2.24) is 19.7 Å². The van der Waals surface area contributed by atoms with E-state index in [1.54, 1.807) is 4.68 Å². The van der Waals surface area contributed by atoms with Crippen LogP contribution in [0.25, 0.3) is 11.0 Å². The molecule has 0 aromatic carbocycles. The van der Waals surface area contributed by atoms with Gasteiger partial charge in [0.1, 0.15) is 6.10 Å². The number of hydrogen-bond acceptors (Lipinski definition) is 5. The van der Waals surface area contributed by atoms with E-state index in [1.807, 2.05) is 37.2 Å². The molecule has 0 atom stereocenters. The number of likely N-dealkylation sites (tertiary alicyclic amines) is 1. The van der Waals surface area contributed by atoms with Gasteiger partial charge in [-0.25, -0.2) is 0 Å². The van der Waals surface area contributed by atoms with Crippen LogP contribution >= 0.6 is 0 Å². The minimum Gasteiger partial charge on any atom is -0.474 e. The summed E-state index contributed by atoms with van der Waals surface area (Å²) >= 11 is 0. The molecule has 7 heteroatoms. The maximum Gasteiger partial charge on any atom is 0.225 e. The first-order chi connectivity index (χ1) is 13.3. The third-order valence-corrected chi connectivity index (χ3v) is 6.92. The molecule has 2 aromatic rings. The number of fused-ring (bicyclic) bond motifs is 1. The van der Waals surface area contributed by atoms with Crippen molar-refractivity contribution in [3.05, 3.63) is 18.3 Å². The smallest absolute Gasteiger partial charge is 0.225 e. The Morgan fingerprint density at radius 3 is 2.64 bits per heavy atom. The number of carbonyl (C=O) groups excluding carboxylic acids is 1. The summed E-state index contributed by atoms with van der Waals surface area (Å²) in [5.41, 5.74) is 0.485. The van der Waals surface area contributed by atoms with Crippen LogP contribution in [0.2, 0.25) is 0 Å². The largest absolute Gasteiger partial charge is 0.474 e. The van der Waals surface area contributed by atoms with E-state index in [9.17, 15) is 9.90 Å². The molecule has 0 bridgehead atoms. The average Bonchev–Trinajstić information content (AvgIpc) is 2.99. The molecular formula is C21H28N4O3. The van der Waals surface area contributed by atoms with Gasteiger partial charge >= 0.3 is 0 Å². The summed E-state index contributed by atoms with van der Waals surface area (Å²) in [5, 5.41) is 15.1. The molecule has 28 heavy (non-hydrogen) atoms. The van der Waals surface area contributed by atoms with Gasteiger partial charge in [0.15, 0.2) is 5.65 Å². The van der Waals surface area contributed by atoms with Crippen molar-refractivity contribution in [2.45, 2.75) is 57.2 Å². The van der Waals surface area contributed by atoms with Crippen LogP contribution in [0, 0.1) is 11.3 Å². The summed E-state index contributed by atoms with van der Waals surface area (Å²) in [6, 6.07) is 3.92. The Kier molecular flexibility index (Phi) is 3.95. The van der Waals surface area contributed by atoms with E-state index < -0.39 is 5.60 Å². The van der Waals surface area contributed by atoms with E-state index in [2.05, 4.69) is 10.1 Å². The van der Waals surface area contributed by atoms with Crippen LogP contribution in [0.15, 0.2) is 18.3 Å². The Morgan fingerprint density at radius 1 is 1.25 bits per heavy atom. The fourth-order valence-corrected chi connectivity index (χ4v) is 5.23. The predicted octanol–water partition coefficient (Wildman–Crippen LogP) is 2.28. The minimum absolute atomic E-state index is 0.0278. The third-order valence-electron chi connectivity index (χ3n) is 6.92. The van der Waals surface area contributed by atoms with Gasteiger partial charge in [0, 0.05) is 42.9 Å². The number of carbonyl (C=O) groups is 1. The summed E-state index contributed by atoms with van der Waals surface area (Å²) in [5.74, 6) is 0.934. The highest BCUT2D eigenvalue weighted by Crippen LogP contribution is 2.47. The molecule has 0 radical (unpaired) electrons. The van der Waals surface area contributed by atoms with E-state index in [4.69, 9.17) is 4.74 Å². The van der Waals surface area contributed by atoms with Crippen LogP contribution in [0.5, 0.6) is 5.88 Å². The molecule has 2 aliphatic carbocycles.